The van der Waals surface area contributed by atoms with Crippen LogP contribution in [0.2, 0.25) is 0 Å². The maximum Gasteiger partial charge on any atom is 0.246 e. The number of ether oxygens (including phenoxy) is 2. The first-order chi connectivity index (χ1) is 10.1. The van der Waals surface area contributed by atoms with Gasteiger partial charge in [0.05, 0.1) is 0 Å². The number of hydrogen-bond acceptors (Lipinski definition) is 3. The van der Waals surface area contributed by atoms with Gasteiger partial charge in [0.15, 0.2) is 11.5 Å². The number of rotatable bonds is 3. The Balaban J connectivity index is 1.43. The molecule has 1 aromatic carbocycles. The second kappa shape index (κ2) is 4.82. The molecule has 114 valence electrons. The molecule has 1 aromatic rings. The van der Waals surface area contributed by atoms with Crippen molar-refractivity contribution in [2.45, 2.75) is 64.2 Å². The standard InChI is InChI=1S/C18H25NO2/c1-18(2)20-16-9-8-15(11-17(16)21-18)19-14-5-3-4-13(10-14)12-6-7-12/h8-9,11-14,19H,3-7,10H2,1-2H3. The van der Waals surface area contributed by atoms with Crippen LogP contribution in [0.25, 0.3) is 0 Å². The van der Waals surface area contributed by atoms with Gasteiger partial charge in [0.1, 0.15) is 0 Å². The van der Waals surface area contributed by atoms with Gasteiger partial charge < -0.3 is 14.8 Å². The second-order valence-corrected chi connectivity index (χ2v) is 7.37. The maximum atomic E-state index is 5.83. The lowest BCUT2D eigenvalue weighted by atomic mass is 9.82. The zero-order valence-corrected chi connectivity index (χ0v) is 13.0. The van der Waals surface area contributed by atoms with E-state index in [0.29, 0.717) is 6.04 Å². The molecule has 0 saturated heterocycles. The first-order valence-electron chi connectivity index (χ1n) is 8.38. The molecule has 0 aromatic heterocycles. The maximum absolute atomic E-state index is 5.83. The Morgan fingerprint density at radius 2 is 1.81 bits per heavy atom. The molecule has 2 saturated carbocycles. The molecular formula is C18H25NO2. The summed E-state index contributed by atoms with van der Waals surface area (Å²) in [6.45, 7) is 3.89. The zero-order valence-electron chi connectivity index (χ0n) is 13.0. The second-order valence-electron chi connectivity index (χ2n) is 7.37. The Kier molecular flexibility index (Phi) is 3.05. The Morgan fingerprint density at radius 3 is 2.62 bits per heavy atom. The van der Waals surface area contributed by atoms with Crippen LogP contribution in [-0.2, 0) is 0 Å². The SMILES string of the molecule is CC1(C)Oc2ccc(NC3CCCC(C4CC4)C3)cc2O1. The fourth-order valence-corrected chi connectivity index (χ4v) is 3.90. The van der Waals surface area contributed by atoms with E-state index >= 15 is 0 Å². The van der Waals surface area contributed by atoms with Gasteiger partial charge in [-0.15, -0.1) is 0 Å². The third kappa shape index (κ3) is 2.83. The van der Waals surface area contributed by atoms with Crippen LogP contribution in [0.4, 0.5) is 5.69 Å². The summed E-state index contributed by atoms with van der Waals surface area (Å²) >= 11 is 0. The molecule has 2 fully saturated rings. The van der Waals surface area contributed by atoms with Crippen LogP contribution in [0.15, 0.2) is 18.2 Å². The van der Waals surface area contributed by atoms with E-state index < -0.39 is 5.79 Å². The van der Waals surface area contributed by atoms with Gasteiger partial charge in [-0.25, -0.2) is 0 Å². The van der Waals surface area contributed by atoms with Crippen LogP contribution in [0.1, 0.15) is 52.4 Å². The molecule has 1 aliphatic heterocycles. The van der Waals surface area contributed by atoms with Crippen molar-refractivity contribution in [2.24, 2.45) is 11.8 Å². The van der Waals surface area contributed by atoms with Gasteiger partial charge in [-0.1, -0.05) is 12.8 Å². The highest BCUT2D eigenvalue weighted by atomic mass is 16.7. The first kappa shape index (κ1) is 13.3. The van der Waals surface area contributed by atoms with Crippen LogP contribution < -0.4 is 14.8 Å². The van der Waals surface area contributed by atoms with Gasteiger partial charge in [-0.05, 0) is 49.7 Å². The normalized spacial score (nSPS) is 30.2. The Bertz CT molecular complexity index is 536. The van der Waals surface area contributed by atoms with Gasteiger partial charge in [-0.3, -0.25) is 0 Å². The van der Waals surface area contributed by atoms with Crippen LogP contribution in [-0.4, -0.2) is 11.8 Å². The molecule has 2 atom stereocenters. The quantitative estimate of drug-likeness (QED) is 0.883. The summed E-state index contributed by atoms with van der Waals surface area (Å²) in [5, 5.41) is 3.71. The minimum absolute atomic E-state index is 0.539. The van der Waals surface area contributed by atoms with E-state index in [1.807, 2.05) is 19.9 Å². The molecule has 1 N–H and O–H groups in total. The van der Waals surface area contributed by atoms with E-state index in [9.17, 15) is 0 Å². The molecule has 2 aliphatic carbocycles. The molecule has 3 nitrogen and oxygen atoms in total. The summed E-state index contributed by atoms with van der Waals surface area (Å²) in [6.07, 6.45) is 8.38. The average molecular weight is 287 g/mol. The molecule has 0 amide bonds. The molecular weight excluding hydrogens is 262 g/mol. The van der Waals surface area contributed by atoms with Crippen LogP contribution in [0.3, 0.4) is 0 Å². The van der Waals surface area contributed by atoms with Gasteiger partial charge in [-0.2, -0.15) is 0 Å². The molecule has 0 bridgehead atoms. The predicted molar refractivity (Wildman–Crippen MR) is 83.9 cm³/mol. The van der Waals surface area contributed by atoms with Crippen molar-refractivity contribution >= 4 is 5.69 Å². The topological polar surface area (TPSA) is 30.5 Å². The molecule has 0 radical (unpaired) electrons. The lowest BCUT2D eigenvalue weighted by Gasteiger charge is -2.30. The summed E-state index contributed by atoms with van der Waals surface area (Å²) in [5.74, 6) is 3.17. The number of nitrogens with one attached hydrogen (secondary N) is 1. The van der Waals surface area contributed by atoms with Crippen molar-refractivity contribution in [3.05, 3.63) is 18.2 Å². The largest absolute Gasteiger partial charge is 0.449 e. The molecule has 0 spiro atoms. The minimum atomic E-state index is -0.539. The van der Waals surface area contributed by atoms with Gasteiger partial charge in [0.25, 0.3) is 0 Å². The molecule has 21 heavy (non-hydrogen) atoms. The van der Waals surface area contributed by atoms with Crippen molar-refractivity contribution in [1.82, 2.24) is 0 Å². The van der Waals surface area contributed by atoms with E-state index in [1.165, 1.54) is 38.5 Å². The third-order valence-electron chi connectivity index (χ3n) is 5.03. The molecule has 3 heteroatoms. The Labute approximate surface area is 127 Å². The summed E-state index contributed by atoms with van der Waals surface area (Å²) < 4.78 is 11.6. The lowest BCUT2D eigenvalue weighted by Crippen LogP contribution is -2.29. The van der Waals surface area contributed by atoms with E-state index in [2.05, 4.69) is 17.4 Å². The fraction of sp³-hybridized carbons (Fsp3) is 0.667. The fourth-order valence-electron chi connectivity index (χ4n) is 3.90. The number of hydrogen-bond donors (Lipinski definition) is 1. The van der Waals surface area contributed by atoms with Crippen molar-refractivity contribution in [2.75, 3.05) is 5.32 Å². The van der Waals surface area contributed by atoms with Crippen molar-refractivity contribution in [3.63, 3.8) is 0 Å². The van der Waals surface area contributed by atoms with Crippen molar-refractivity contribution in [1.29, 1.82) is 0 Å². The number of benzene rings is 1. The highest BCUT2D eigenvalue weighted by Crippen LogP contribution is 2.45. The predicted octanol–water partition coefficient (Wildman–Crippen LogP) is 4.57. The Hall–Kier alpha value is -1.38. The molecule has 3 aliphatic rings. The van der Waals surface area contributed by atoms with Crippen molar-refractivity contribution < 1.29 is 9.47 Å². The third-order valence-corrected chi connectivity index (χ3v) is 5.03. The van der Waals surface area contributed by atoms with Crippen LogP contribution in [0, 0.1) is 11.8 Å². The number of fused-ring (bicyclic) bond motifs is 1. The molecule has 1 heterocycles. The zero-order chi connectivity index (χ0) is 14.4. The first-order valence-corrected chi connectivity index (χ1v) is 8.38. The van der Waals surface area contributed by atoms with Crippen molar-refractivity contribution in [3.8, 4) is 11.5 Å². The Morgan fingerprint density at radius 1 is 1.00 bits per heavy atom. The number of anilines is 1. The van der Waals surface area contributed by atoms with Gasteiger partial charge in [0.2, 0.25) is 5.79 Å². The van der Waals surface area contributed by atoms with E-state index in [0.717, 1.165) is 29.0 Å². The molecule has 2 unspecified atom stereocenters. The summed E-state index contributed by atoms with van der Waals surface area (Å²) in [7, 11) is 0. The minimum Gasteiger partial charge on any atom is -0.449 e. The van der Waals surface area contributed by atoms with E-state index in [1.54, 1.807) is 0 Å². The average Bonchev–Trinajstić information content (AvgIpc) is 3.22. The summed E-state index contributed by atoms with van der Waals surface area (Å²) in [6, 6.07) is 6.85. The monoisotopic (exact) mass is 287 g/mol. The molecule has 4 rings (SSSR count). The van der Waals surface area contributed by atoms with E-state index in [-0.39, 0.29) is 0 Å². The van der Waals surface area contributed by atoms with Gasteiger partial charge in [0, 0.05) is 31.6 Å². The van der Waals surface area contributed by atoms with Crippen LogP contribution in [0.5, 0.6) is 11.5 Å². The highest BCUT2D eigenvalue weighted by Gasteiger charge is 2.35. The van der Waals surface area contributed by atoms with Crippen LogP contribution >= 0.6 is 0 Å². The summed E-state index contributed by atoms with van der Waals surface area (Å²) in [4.78, 5) is 0. The smallest absolute Gasteiger partial charge is 0.246 e. The summed E-state index contributed by atoms with van der Waals surface area (Å²) in [5.41, 5.74) is 1.16. The van der Waals surface area contributed by atoms with Gasteiger partial charge >= 0.3 is 0 Å². The lowest BCUT2D eigenvalue weighted by molar-refractivity contribution is -0.0431. The van der Waals surface area contributed by atoms with E-state index in [4.69, 9.17) is 9.47 Å². The highest BCUT2D eigenvalue weighted by molar-refractivity contribution is 5.56.